The van der Waals surface area contributed by atoms with E-state index >= 15 is 0 Å². The van der Waals surface area contributed by atoms with Gasteiger partial charge >= 0.3 is 23.9 Å². The lowest BCUT2D eigenvalue weighted by Gasteiger charge is -2.13. The number of hydrogen-bond acceptors (Lipinski definition) is 9. The summed E-state index contributed by atoms with van der Waals surface area (Å²) in [6.45, 7) is 3.66. The van der Waals surface area contributed by atoms with Gasteiger partial charge in [0, 0.05) is 11.4 Å². The molecule has 1 amide bonds. The first-order valence-corrected chi connectivity index (χ1v) is 13.0. The Morgan fingerprint density at radius 3 is 1.82 bits per heavy atom. The van der Waals surface area contributed by atoms with Gasteiger partial charge in [-0.15, -0.1) is 0 Å². The molecule has 2 aromatic rings. The van der Waals surface area contributed by atoms with Gasteiger partial charge in [-0.05, 0) is 56.2 Å². The second-order valence-electron chi connectivity index (χ2n) is 8.01. The fourth-order valence-electron chi connectivity index (χ4n) is 3.16. The van der Waals surface area contributed by atoms with Crippen molar-refractivity contribution in [3.63, 3.8) is 0 Å². The van der Waals surface area contributed by atoms with Crippen LogP contribution in [0.5, 0.6) is 11.5 Å². The van der Waals surface area contributed by atoms with Crippen LogP contribution in [-0.4, -0.2) is 43.0 Å². The van der Waals surface area contributed by atoms with Crippen molar-refractivity contribution in [2.75, 3.05) is 18.5 Å². The maximum absolute atomic E-state index is 12.4. The lowest BCUT2D eigenvalue weighted by Crippen LogP contribution is -2.15. The van der Waals surface area contributed by atoms with E-state index in [2.05, 4.69) is 5.32 Å². The minimum absolute atomic E-state index is 0.0607. The van der Waals surface area contributed by atoms with Crippen molar-refractivity contribution in [2.24, 2.45) is 0 Å². The summed E-state index contributed by atoms with van der Waals surface area (Å²) < 4.78 is 20.3. The van der Waals surface area contributed by atoms with Crippen LogP contribution in [0.25, 0.3) is 0 Å². The first-order chi connectivity index (χ1) is 18.6. The van der Waals surface area contributed by atoms with Gasteiger partial charge in [0.1, 0.15) is 0 Å². The van der Waals surface area contributed by atoms with E-state index in [1.54, 1.807) is 32.0 Å². The number of anilines is 1. The van der Waals surface area contributed by atoms with Crippen LogP contribution in [0.4, 0.5) is 5.69 Å². The number of aryl methyl sites for hydroxylation is 1. The minimum Gasteiger partial charge on any atom is -0.466 e. The maximum Gasteiger partial charge on any atom is 0.311 e. The molecule has 0 radical (unpaired) electrons. The van der Waals surface area contributed by atoms with E-state index in [1.165, 1.54) is 18.2 Å². The van der Waals surface area contributed by atoms with Crippen LogP contribution in [-0.2, 0) is 39.9 Å². The summed E-state index contributed by atoms with van der Waals surface area (Å²) in [4.78, 5) is 60.2. The Kier molecular flexibility index (Phi) is 13.2. The van der Waals surface area contributed by atoms with E-state index in [9.17, 15) is 24.0 Å². The van der Waals surface area contributed by atoms with E-state index < -0.39 is 23.9 Å². The van der Waals surface area contributed by atoms with Crippen LogP contribution in [0.2, 0.25) is 10.0 Å². The predicted molar refractivity (Wildman–Crippen MR) is 143 cm³/mol. The number of hydrogen-bond donors (Lipinski definition) is 1. The molecule has 0 aromatic heterocycles. The molecule has 210 valence electrons. The van der Waals surface area contributed by atoms with Crippen LogP contribution >= 0.6 is 23.2 Å². The monoisotopic (exact) mass is 581 g/mol. The third-order valence-electron chi connectivity index (χ3n) is 4.98. The molecule has 2 rings (SSSR count). The number of amides is 1. The van der Waals surface area contributed by atoms with E-state index in [0.29, 0.717) is 21.3 Å². The Labute approximate surface area is 235 Å². The molecule has 0 fully saturated rings. The summed E-state index contributed by atoms with van der Waals surface area (Å²) in [6, 6.07) is 9.17. The number of ether oxygens (including phenoxy) is 4. The summed E-state index contributed by atoms with van der Waals surface area (Å²) in [5.74, 6) is -3.05. The van der Waals surface area contributed by atoms with Crippen LogP contribution in [0.15, 0.2) is 36.4 Å². The molecule has 0 unspecified atom stereocenters. The van der Waals surface area contributed by atoms with Crippen molar-refractivity contribution in [1.29, 1.82) is 0 Å². The molecule has 0 atom stereocenters. The fourth-order valence-corrected chi connectivity index (χ4v) is 3.61. The normalized spacial score (nSPS) is 10.4. The Balaban J connectivity index is 2.09. The van der Waals surface area contributed by atoms with E-state index in [1.807, 2.05) is 0 Å². The molecule has 0 aliphatic carbocycles. The van der Waals surface area contributed by atoms with E-state index in [0.717, 1.165) is 0 Å². The number of carbonyl (C=O) groups excluding carboxylic acids is 5. The molecule has 0 saturated carbocycles. The zero-order valence-electron chi connectivity index (χ0n) is 21.6. The molecule has 12 heteroatoms. The quantitative estimate of drug-likeness (QED) is 0.240. The molecule has 0 heterocycles. The standard InChI is InChI=1S/C27H29Cl2NO9/c1-3-36-24(32)11-13-26(34)38-21-9-5-17(15-22(21)39-27(35)14-12-25(33)37-4-2)6-10-23(31)30-20-8-7-18(28)16-19(20)29/h5,7-9,15-16H,3-4,6,10-14H2,1-2H3,(H,30,31). The first kappa shape index (κ1) is 31.6. The fraction of sp³-hybridized carbons (Fsp3) is 0.370. The molecule has 0 spiro atoms. The van der Waals surface area contributed by atoms with Crippen molar-refractivity contribution in [2.45, 2.75) is 52.4 Å². The van der Waals surface area contributed by atoms with Crippen LogP contribution in [0.3, 0.4) is 0 Å². The third-order valence-corrected chi connectivity index (χ3v) is 5.53. The molecular weight excluding hydrogens is 553 g/mol. The number of halogens is 2. The molecule has 10 nitrogen and oxygen atoms in total. The van der Waals surface area contributed by atoms with Gasteiger partial charge in [-0.1, -0.05) is 29.3 Å². The largest absolute Gasteiger partial charge is 0.466 e. The zero-order chi connectivity index (χ0) is 28.8. The summed E-state index contributed by atoms with van der Waals surface area (Å²) in [7, 11) is 0. The SMILES string of the molecule is CCOC(=O)CCC(=O)Oc1ccc(CCC(=O)Nc2ccc(Cl)cc2Cl)cc1OC(=O)CCC(=O)OCC. The molecule has 0 bridgehead atoms. The molecule has 1 N–H and O–H groups in total. The molecule has 39 heavy (non-hydrogen) atoms. The average molecular weight is 582 g/mol. The first-order valence-electron chi connectivity index (χ1n) is 12.2. The molecule has 0 aliphatic rings. The summed E-state index contributed by atoms with van der Waals surface area (Å²) in [6.07, 6.45) is -0.552. The molecule has 0 saturated heterocycles. The highest BCUT2D eigenvalue weighted by Gasteiger charge is 2.18. The van der Waals surface area contributed by atoms with Gasteiger partial charge in [0.05, 0.1) is 49.6 Å². The number of carbonyl (C=O) groups is 5. The number of esters is 4. The predicted octanol–water partition coefficient (Wildman–Crippen LogP) is 5.06. The lowest BCUT2D eigenvalue weighted by molar-refractivity contribution is -0.147. The highest BCUT2D eigenvalue weighted by Crippen LogP contribution is 2.30. The van der Waals surface area contributed by atoms with Gasteiger partial charge in [0.25, 0.3) is 0 Å². The zero-order valence-corrected chi connectivity index (χ0v) is 23.1. The van der Waals surface area contributed by atoms with Crippen LogP contribution < -0.4 is 14.8 Å². The minimum atomic E-state index is -0.751. The number of benzene rings is 2. The summed E-state index contributed by atoms with van der Waals surface area (Å²) in [5, 5.41) is 3.42. The summed E-state index contributed by atoms with van der Waals surface area (Å²) >= 11 is 12.0. The number of nitrogens with one attached hydrogen (secondary N) is 1. The molecule has 0 aliphatic heterocycles. The van der Waals surface area contributed by atoms with Crippen LogP contribution in [0, 0.1) is 0 Å². The van der Waals surface area contributed by atoms with E-state index in [-0.39, 0.29) is 69.1 Å². The van der Waals surface area contributed by atoms with E-state index in [4.69, 9.17) is 42.1 Å². The molecule has 2 aromatic carbocycles. The van der Waals surface area contributed by atoms with Crippen molar-refractivity contribution >= 4 is 58.7 Å². The Bertz CT molecular complexity index is 1200. The van der Waals surface area contributed by atoms with Crippen LogP contribution in [0.1, 0.15) is 51.5 Å². The Morgan fingerprint density at radius 1 is 0.692 bits per heavy atom. The Hall–Kier alpha value is -3.63. The highest BCUT2D eigenvalue weighted by molar-refractivity contribution is 6.36. The summed E-state index contributed by atoms with van der Waals surface area (Å²) in [5.41, 5.74) is 1.01. The second-order valence-corrected chi connectivity index (χ2v) is 8.86. The van der Waals surface area contributed by atoms with Gasteiger partial charge in [0.15, 0.2) is 11.5 Å². The third kappa shape index (κ3) is 11.7. The van der Waals surface area contributed by atoms with Gasteiger partial charge < -0.3 is 24.3 Å². The number of rotatable bonds is 14. The van der Waals surface area contributed by atoms with Gasteiger partial charge in [0.2, 0.25) is 5.91 Å². The highest BCUT2D eigenvalue weighted by atomic mass is 35.5. The van der Waals surface area contributed by atoms with Gasteiger partial charge in [-0.2, -0.15) is 0 Å². The average Bonchev–Trinajstić information content (AvgIpc) is 2.88. The lowest BCUT2D eigenvalue weighted by atomic mass is 10.1. The Morgan fingerprint density at radius 2 is 1.26 bits per heavy atom. The van der Waals surface area contributed by atoms with Gasteiger partial charge in [-0.3, -0.25) is 24.0 Å². The van der Waals surface area contributed by atoms with Crippen molar-refractivity contribution in [3.05, 3.63) is 52.0 Å². The van der Waals surface area contributed by atoms with Crippen molar-refractivity contribution in [3.8, 4) is 11.5 Å². The van der Waals surface area contributed by atoms with Gasteiger partial charge in [-0.25, -0.2) is 0 Å². The maximum atomic E-state index is 12.4. The smallest absolute Gasteiger partial charge is 0.311 e. The van der Waals surface area contributed by atoms with Crippen molar-refractivity contribution in [1.82, 2.24) is 0 Å². The van der Waals surface area contributed by atoms with Crippen molar-refractivity contribution < 1.29 is 42.9 Å². The second kappa shape index (κ2) is 16.4. The molecular formula is C27H29Cl2NO9. The topological polar surface area (TPSA) is 134 Å².